The molecule has 0 spiro atoms. The minimum absolute atomic E-state index is 0.767. The van der Waals surface area contributed by atoms with Gasteiger partial charge in [0.1, 0.15) is 0 Å². The van der Waals surface area contributed by atoms with Gasteiger partial charge in [-0.1, -0.05) is 48.7 Å². The average Bonchev–Trinajstić information content (AvgIpc) is 2.99. The first-order chi connectivity index (χ1) is 12.6. The number of aromatic nitrogens is 1. The van der Waals surface area contributed by atoms with Crippen LogP contribution < -0.4 is 5.73 Å². The second kappa shape index (κ2) is 8.55. The van der Waals surface area contributed by atoms with Crippen LogP contribution in [0.15, 0.2) is 36.4 Å². The van der Waals surface area contributed by atoms with Crippen LogP contribution in [0.5, 0.6) is 0 Å². The molecular formula is C24H32N2. The Kier molecular flexibility index (Phi) is 6.16. The largest absolute Gasteiger partial charge is 0.354 e. The van der Waals surface area contributed by atoms with E-state index in [4.69, 9.17) is 5.73 Å². The Labute approximate surface area is 157 Å². The number of unbranched alkanes of at least 4 members (excludes halogenated alkanes) is 2. The summed E-state index contributed by atoms with van der Waals surface area (Å²) in [5.74, 6) is 0. The molecule has 3 rings (SSSR count). The van der Waals surface area contributed by atoms with Gasteiger partial charge in [0, 0.05) is 16.6 Å². The summed E-state index contributed by atoms with van der Waals surface area (Å²) in [6.07, 6.45) is 6.90. The summed E-state index contributed by atoms with van der Waals surface area (Å²) in [4.78, 5) is 3.81. The Morgan fingerprint density at radius 3 is 2.38 bits per heavy atom. The summed E-state index contributed by atoms with van der Waals surface area (Å²) >= 11 is 0. The highest BCUT2D eigenvalue weighted by atomic mass is 14.7. The molecule has 0 saturated heterocycles. The van der Waals surface area contributed by atoms with E-state index in [0.717, 1.165) is 32.2 Å². The number of nitrogens with one attached hydrogen (secondary N) is 1. The third-order valence-corrected chi connectivity index (χ3v) is 5.22. The lowest BCUT2D eigenvalue weighted by molar-refractivity contribution is 0.748. The number of benzene rings is 2. The predicted octanol–water partition coefficient (Wildman–Crippen LogP) is 6.08. The molecule has 0 aliphatic heterocycles. The molecule has 0 unspecified atom stereocenters. The Hall–Kier alpha value is -2.06. The van der Waals surface area contributed by atoms with E-state index < -0.39 is 0 Å². The molecule has 0 fully saturated rings. The molecule has 0 atom stereocenters. The van der Waals surface area contributed by atoms with E-state index in [9.17, 15) is 0 Å². The fourth-order valence-corrected chi connectivity index (χ4v) is 3.98. The van der Waals surface area contributed by atoms with Gasteiger partial charge < -0.3 is 10.7 Å². The van der Waals surface area contributed by atoms with Crippen molar-refractivity contribution in [2.45, 2.75) is 59.3 Å². The van der Waals surface area contributed by atoms with Crippen LogP contribution in [0, 0.1) is 13.8 Å². The van der Waals surface area contributed by atoms with Gasteiger partial charge >= 0.3 is 0 Å². The van der Waals surface area contributed by atoms with E-state index in [-0.39, 0.29) is 0 Å². The Bertz CT molecular complexity index is 853. The van der Waals surface area contributed by atoms with Crippen molar-refractivity contribution in [3.05, 3.63) is 58.7 Å². The molecule has 0 radical (unpaired) electrons. The van der Waals surface area contributed by atoms with Crippen molar-refractivity contribution in [1.82, 2.24) is 4.98 Å². The molecule has 0 bridgehead atoms. The topological polar surface area (TPSA) is 41.8 Å². The Morgan fingerprint density at radius 2 is 1.69 bits per heavy atom. The molecule has 138 valence electrons. The molecule has 3 aromatic rings. The molecule has 1 aromatic heterocycles. The first-order valence-electron chi connectivity index (χ1n) is 10.0. The number of rotatable bonds is 8. The van der Waals surface area contributed by atoms with Crippen molar-refractivity contribution in [2.75, 3.05) is 6.54 Å². The van der Waals surface area contributed by atoms with Gasteiger partial charge in [0.25, 0.3) is 0 Å². The third-order valence-electron chi connectivity index (χ3n) is 5.22. The summed E-state index contributed by atoms with van der Waals surface area (Å²) in [5.41, 5.74) is 15.2. The van der Waals surface area contributed by atoms with Gasteiger partial charge in [-0.25, -0.2) is 0 Å². The van der Waals surface area contributed by atoms with Crippen LogP contribution in [0.3, 0.4) is 0 Å². The van der Waals surface area contributed by atoms with Gasteiger partial charge in [0.05, 0.1) is 0 Å². The zero-order chi connectivity index (χ0) is 18.5. The SMILES string of the molecule is CCCCc1cccc2c(CCCCN)c(-c3cc(C)cc(C)c3)[nH]c12. The van der Waals surface area contributed by atoms with Crippen molar-refractivity contribution < 1.29 is 0 Å². The number of aromatic amines is 1. The molecule has 0 saturated carbocycles. The molecule has 3 N–H and O–H groups in total. The first kappa shape index (κ1) is 18.7. The minimum Gasteiger partial charge on any atom is -0.354 e. The van der Waals surface area contributed by atoms with Crippen molar-refractivity contribution in [3.63, 3.8) is 0 Å². The first-order valence-corrected chi connectivity index (χ1v) is 10.0. The van der Waals surface area contributed by atoms with Crippen LogP contribution in [-0.2, 0) is 12.8 Å². The van der Waals surface area contributed by atoms with E-state index in [1.54, 1.807) is 0 Å². The molecule has 0 aliphatic rings. The maximum atomic E-state index is 5.74. The number of H-pyrrole nitrogens is 1. The summed E-state index contributed by atoms with van der Waals surface area (Å²) < 4.78 is 0. The van der Waals surface area contributed by atoms with Crippen LogP contribution in [0.1, 0.15) is 54.9 Å². The van der Waals surface area contributed by atoms with Gasteiger partial charge in [-0.15, -0.1) is 0 Å². The average molecular weight is 349 g/mol. The standard InChI is InChI=1S/C24H32N2/c1-4-5-9-19-10-8-12-22-21(11-6-7-13-25)24(26-23(19)22)20-15-17(2)14-18(3)16-20/h8,10,12,14-16,26H,4-7,9,11,13,25H2,1-3H3. The second-order valence-corrected chi connectivity index (χ2v) is 7.54. The highest BCUT2D eigenvalue weighted by Crippen LogP contribution is 2.34. The van der Waals surface area contributed by atoms with Gasteiger partial charge in [0.2, 0.25) is 0 Å². The zero-order valence-electron chi connectivity index (χ0n) is 16.5. The predicted molar refractivity (Wildman–Crippen MR) is 114 cm³/mol. The summed E-state index contributed by atoms with van der Waals surface area (Å²) in [5, 5.41) is 1.39. The lowest BCUT2D eigenvalue weighted by Gasteiger charge is -2.07. The van der Waals surface area contributed by atoms with Gasteiger partial charge in [0.15, 0.2) is 0 Å². The maximum Gasteiger partial charge on any atom is 0.0497 e. The quantitative estimate of drug-likeness (QED) is 0.476. The van der Waals surface area contributed by atoms with Gasteiger partial charge in [-0.2, -0.15) is 0 Å². The Balaban J connectivity index is 2.14. The molecule has 2 heteroatoms. The highest BCUT2D eigenvalue weighted by molar-refractivity contribution is 5.93. The number of para-hydroxylation sites is 1. The minimum atomic E-state index is 0.767. The molecular weight excluding hydrogens is 316 g/mol. The number of nitrogens with two attached hydrogens (primary N) is 1. The summed E-state index contributed by atoms with van der Waals surface area (Å²) in [7, 11) is 0. The molecule has 0 amide bonds. The van der Waals surface area contributed by atoms with E-state index in [1.807, 2.05) is 0 Å². The van der Waals surface area contributed by atoms with Crippen LogP contribution in [0.25, 0.3) is 22.2 Å². The van der Waals surface area contributed by atoms with Gasteiger partial charge in [-0.05, 0) is 81.3 Å². The number of fused-ring (bicyclic) bond motifs is 1. The normalized spacial score (nSPS) is 11.4. The molecule has 26 heavy (non-hydrogen) atoms. The van der Waals surface area contributed by atoms with Crippen LogP contribution in [0.4, 0.5) is 0 Å². The van der Waals surface area contributed by atoms with Crippen molar-refractivity contribution in [3.8, 4) is 11.3 Å². The zero-order valence-corrected chi connectivity index (χ0v) is 16.5. The van der Waals surface area contributed by atoms with Crippen LogP contribution in [-0.4, -0.2) is 11.5 Å². The summed E-state index contributed by atoms with van der Waals surface area (Å²) in [6, 6.07) is 13.6. The third kappa shape index (κ3) is 4.02. The second-order valence-electron chi connectivity index (χ2n) is 7.54. The molecule has 2 aromatic carbocycles. The van der Waals surface area contributed by atoms with Crippen molar-refractivity contribution in [2.24, 2.45) is 5.73 Å². The molecule has 2 nitrogen and oxygen atoms in total. The van der Waals surface area contributed by atoms with Crippen molar-refractivity contribution >= 4 is 10.9 Å². The Morgan fingerprint density at radius 1 is 0.923 bits per heavy atom. The number of aryl methyl sites for hydroxylation is 4. The number of hydrogen-bond acceptors (Lipinski definition) is 1. The monoisotopic (exact) mass is 348 g/mol. The van der Waals surface area contributed by atoms with Gasteiger partial charge in [-0.3, -0.25) is 0 Å². The maximum absolute atomic E-state index is 5.74. The fourth-order valence-electron chi connectivity index (χ4n) is 3.98. The van der Waals surface area contributed by atoms with E-state index in [0.29, 0.717) is 0 Å². The van der Waals surface area contributed by atoms with Crippen LogP contribution in [0.2, 0.25) is 0 Å². The molecule has 1 heterocycles. The molecule has 0 aliphatic carbocycles. The number of hydrogen-bond donors (Lipinski definition) is 2. The van der Waals surface area contributed by atoms with E-state index in [2.05, 4.69) is 62.2 Å². The lowest BCUT2D eigenvalue weighted by atomic mass is 9.97. The van der Waals surface area contributed by atoms with E-state index in [1.165, 1.54) is 57.3 Å². The summed E-state index contributed by atoms with van der Waals surface area (Å²) in [6.45, 7) is 7.39. The van der Waals surface area contributed by atoms with Crippen LogP contribution >= 0.6 is 0 Å². The fraction of sp³-hybridized carbons (Fsp3) is 0.417. The smallest absolute Gasteiger partial charge is 0.0497 e. The lowest BCUT2D eigenvalue weighted by Crippen LogP contribution is -1.99. The highest BCUT2D eigenvalue weighted by Gasteiger charge is 2.15. The van der Waals surface area contributed by atoms with Crippen molar-refractivity contribution in [1.29, 1.82) is 0 Å². The van der Waals surface area contributed by atoms with E-state index >= 15 is 0 Å².